The molecule has 0 fully saturated rings. The number of carbonyl (C=O) groups is 2. The van der Waals surface area contributed by atoms with E-state index in [2.05, 4.69) is 9.47 Å². The minimum absolute atomic E-state index is 0.882. The summed E-state index contributed by atoms with van der Waals surface area (Å²) in [5, 5.41) is 27.1. The number of cyclic esters (lactones) is 1. The molecule has 2 unspecified atom stereocenters. The molecule has 0 aliphatic carbocycles. The Labute approximate surface area is 91.9 Å². The van der Waals surface area contributed by atoms with Crippen molar-refractivity contribution in [2.24, 2.45) is 0 Å². The second kappa shape index (κ2) is 5.96. The molecular weight excluding hydrogens is 220 g/mol. The molecule has 1 heterocycles. The molecular formula is C9H14O7. The van der Waals surface area contributed by atoms with Gasteiger partial charge in [0.25, 0.3) is 0 Å². The number of carbonyl (C=O) groups excluding carboxylic acids is 2. The lowest BCUT2D eigenvalue weighted by atomic mass is 10.2. The zero-order chi connectivity index (χ0) is 12.9. The average Bonchev–Trinajstić information content (AvgIpc) is 2.57. The molecule has 92 valence electrons. The van der Waals surface area contributed by atoms with Crippen LogP contribution in [-0.4, -0.2) is 46.6 Å². The van der Waals surface area contributed by atoms with Gasteiger partial charge in [-0.2, -0.15) is 0 Å². The number of rotatable bonds is 2. The van der Waals surface area contributed by atoms with Crippen molar-refractivity contribution < 1.29 is 34.4 Å². The first-order chi connectivity index (χ1) is 7.49. The topological polar surface area (TPSA) is 113 Å². The van der Waals surface area contributed by atoms with Gasteiger partial charge in [0.05, 0.1) is 7.11 Å². The maximum atomic E-state index is 10.8. The largest absolute Gasteiger partial charge is 0.505 e. The molecule has 0 spiro atoms. The first kappa shape index (κ1) is 14.2. The van der Waals surface area contributed by atoms with Crippen molar-refractivity contribution in [3.63, 3.8) is 0 Å². The molecule has 1 aliphatic rings. The van der Waals surface area contributed by atoms with Crippen LogP contribution >= 0.6 is 0 Å². The van der Waals surface area contributed by atoms with Crippen LogP contribution in [0.2, 0.25) is 0 Å². The van der Waals surface area contributed by atoms with Gasteiger partial charge in [-0.1, -0.05) is 13.8 Å². The van der Waals surface area contributed by atoms with E-state index in [1.807, 2.05) is 13.8 Å². The highest BCUT2D eigenvalue weighted by Gasteiger charge is 2.42. The van der Waals surface area contributed by atoms with Crippen LogP contribution in [0.4, 0.5) is 0 Å². The lowest BCUT2D eigenvalue weighted by Gasteiger charge is -2.14. The third kappa shape index (κ3) is 2.63. The SMILES string of the molecule is CC.COC(=O)C(O)C1OC(=O)C(O)=C1O. The predicted octanol–water partition coefficient (Wildman–Crippen LogP) is -0.200. The summed E-state index contributed by atoms with van der Waals surface area (Å²) in [4.78, 5) is 21.4. The van der Waals surface area contributed by atoms with Crippen LogP contribution in [0.3, 0.4) is 0 Å². The average molecular weight is 234 g/mol. The first-order valence-corrected chi connectivity index (χ1v) is 4.58. The minimum atomic E-state index is -1.85. The first-order valence-electron chi connectivity index (χ1n) is 4.58. The van der Waals surface area contributed by atoms with Crippen molar-refractivity contribution in [1.82, 2.24) is 0 Å². The van der Waals surface area contributed by atoms with Crippen molar-refractivity contribution in [3.05, 3.63) is 11.5 Å². The molecule has 16 heavy (non-hydrogen) atoms. The van der Waals surface area contributed by atoms with E-state index in [4.69, 9.17) is 15.3 Å². The van der Waals surface area contributed by atoms with Crippen LogP contribution < -0.4 is 0 Å². The maximum absolute atomic E-state index is 10.8. The Kier molecular flexibility index (Phi) is 5.31. The molecule has 0 aromatic rings. The zero-order valence-electron chi connectivity index (χ0n) is 9.13. The predicted molar refractivity (Wildman–Crippen MR) is 51.5 cm³/mol. The fourth-order valence-corrected chi connectivity index (χ4v) is 0.925. The third-order valence-corrected chi connectivity index (χ3v) is 1.67. The van der Waals surface area contributed by atoms with E-state index >= 15 is 0 Å². The fourth-order valence-electron chi connectivity index (χ4n) is 0.925. The molecule has 0 aromatic carbocycles. The van der Waals surface area contributed by atoms with Crippen molar-refractivity contribution in [2.75, 3.05) is 7.11 Å². The van der Waals surface area contributed by atoms with Gasteiger partial charge in [0.15, 0.2) is 18.0 Å². The third-order valence-electron chi connectivity index (χ3n) is 1.67. The molecule has 0 saturated carbocycles. The van der Waals surface area contributed by atoms with E-state index in [0.717, 1.165) is 7.11 Å². The molecule has 1 aliphatic heterocycles. The van der Waals surface area contributed by atoms with Gasteiger partial charge >= 0.3 is 11.9 Å². The summed E-state index contributed by atoms with van der Waals surface area (Å²) >= 11 is 0. The standard InChI is InChI=1S/C7H8O7.C2H6/c1-13-6(11)4(10)5-2(8)3(9)7(12)14-5;1-2/h4-5,8-10H,1H3;1-2H3. The smallest absolute Gasteiger partial charge is 0.378 e. The molecule has 0 amide bonds. The van der Waals surface area contributed by atoms with Gasteiger partial charge in [0.1, 0.15) is 0 Å². The summed E-state index contributed by atoms with van der Waals surface area (Å²) in [6.45, 7) is 4.00. The van der Waals surface area contributed by atoms with Gasteiger partial charge in [0, 0.05) is 0 Å². The highest BCUT2D eigenvalue weighted by Crippen LogP contribution is 2.21. The van der Waals surface area contributed by atoms with Crippen molar-refractivity contribution in [3.8, 4) is 0 Å². The van der Waals surface area contributed by atoms with Crippen molar-refractivity contribution >= 4 is 11.9 Å². The van der Waals surface area contributed by atoms with Crippen LogP contribution in [0.25, 0.3) is 0 Å². The molecule has 0 saturated heterocycles. The van der Waals surface area contributed by atoms with Crippen LogP contribution in [0, 0.1) is 0 Å². The summed E-state index contributed by atoms with van der Waals surface area (Å²) < 4.78 is 8.45. The van der Waals surface area contributed by atoms with Gasteiger partial charge in [-0.05, 0) is 0 Å². The minimum Gasteiger partial charge on any atom is -0.505 e. The van der Waals surface area contributed by atoms with E-state index in [1.165, 1.54) is 0 Å². The maximum Gasteiger partial charge on any atom is 0.378 e. The Morgan fingerprint density at radius 1 is 1.44 bits per heavy atom. The van der Waals surface area contributed by atoms with Gasteiger partial charge in [-0.3, -0.25) is 0 Å². The summed E-state index contributed by atoms with van der Waals surface area (Å²) in [5.74, 6) is -4.18. The van der Waals surface area contributed by atoms with E-state index in [-0.39, 0.29) is 0 Å². The Morgan fingerprint density at radius 2 is 1.94 bits per heavy atom. The van der Waals surface area contributed by atoms with Crippen LogP contribution in [0.5, 0.6) is 0 Å². The van der Waals surface area contributed by atoms with E-state index in [0.29, 0.717) is 0 Å². The second-order valence-corrected chi connectivity index (χ2v) is 2.53. The Balaban J connectivity index is 0.00000106. The quantitative estimate of drug-likeness (QED) is 0.567. The lowest BCUT2D eigenvalue weighted by Crippen LogP contribution is -2.36. The highest BCUT2D eigenvalue weighted by molar-refractivity contribution is 5.90. The lowest BCUT2D eigenvalue weighted by molar-refractivity contribution is -0.162. The van der Waals surface area contributed by atoms with Crippen molar-refractivity contribution in [2.45, 2.75) is 26.1 Å². The molecule has 2 atom stereocenters. The monoisotopic (exact) mass is 234 g/mol. The number of hydrogen-bond acceptors (Lipinski definition) is 7. The number of methoxy groups -OCH3 is 1. The molecule has 7 nitrogen and oxygen atoms in total. The molecule has 0 radical (unpaired) electrons. The van der Waals surface area contributed by atoms with E-state index in [9.17, 15) is 9.59 Å². The van der Waals surface area contributed by atoms with Crippen LogP contribution in [-0.2, 0) is 19.1 Å². The zero-order valence-corrected chi connectivity index (χ0v) is 9.13. The molecule has 0 aromatic heterocycles. The van der Waals surface area contributed by atoms with Gasteiger partial charge < -0.3 is 24.8 Å². The van der Waals surface area contributed by atoms with Crippen LogP contribution in [0.1, 0.15) is 13.8 Å². The highest BCUT2D eigenvalue weighted by atomic mass is 16.6. The molecule has 3 N–H and O–H groups in total. The van der Waals surface area contributed by atoms with Crippen LogP contribution in [0.15, 0.2) is 11.5 Å². The second-order valence-electron chi connectivity index (χ2n) is 2.53. The van der Waals surface area contributed by atoms with E-state index in [1.54, 1.807) is 0 Å². The number of ether oxygens (including phenoxy) is 2. The van der Waals surface area contributed by atoms with Gasteiger partial charge in [-0.15, -0.1) is 0 Å². The Bertz CT molecular complexity index is 307. The number of aliphatic hydroxyl groups excluding tert-OH is 3. The molecule has 7 heteroatoms. The van der Waals surface area contributed by atoms with Gasteiger partial charge in [0.2, 0.25) is 5.76 Å². The van der Waals surface area contributed by atoms with Gasteiger partial charge in [-0.25, -0.2) is 9.59 Å². The van der Waals surface area contributed by atoms with Crippen molar-refractivity contribution in [1.29, 1.82) is 0 Å². The summed E-state index contributed by atoms with van der Waals surface area (Å²) in [5.41, 5.74) is 0. The Morgan fingerprint density at radius 3 is 2.25 bits per heavy atom. The number of aliphatic hydroxyl groups is 3. The molecule has 0 bridgehead atoms. The normalized spacial score (nSPS) is 20.8. The summed E-state index contributed by atoms with van der Waals surface area (Å²) in [6, 6.07) is 0. The number of hydrogen-bond donors (Lipinski definition) is 3. The summed E-state index contributed by atoms with van der Waals surface area (Å²) in [7, 11) is 1.02. The number of esters is 2. The fraction of sp³-hybridized carbons (Fsp3) is 0.556. The summed E-state index contributed by atoms with van der Waals surface area (Å²) in [6.07, 6.45) is -3.46. The van der Waals surface area contributed by atoms with E-state index < -0.39 is 35.7 Å². The molecule has 1 rings (SSSR count). The Hall–Kier alpha value is -1.76.